The molecule has 0 atom stereocenters. The summed E-state index contributed by atoms with van der Waals surface area (Å²) in [4.78, 5) is 33.1. The monoisotopic (exact) mass is 501 g/mol. The number of halogens is 1. The quantitative estimate of drug-likeness (QED) is 0.351. The van der Waals surface area contributed by atoms with Crippen molar-refractivity contribution >= 4 is 40.9 Å². The second-order valence-electron chi connectivity index (χ2n) is 6.83. The fraction of sp³-hybridized carbons (Fsp3) is 0.250. The minimum absolute atomic E-state index is 0.0884. The Morgan fingerprint density at radius 2 is 2.03 bits per heavy atom. The van der Waals surface area contributed by atoms with Gasteiger partial charge in [-0.25, -0.2) is 14.8 Å². The summed E-state index contributed by atoms with van der Waals surface area (Å²) in [6.07, 6.45) is 7.59. The van der Waals surface area contributed by atoms with Crippen molar-refractivity contribution in [3.63, 3.8) is 0 Å². The maximum absolute atomic E-state index is 12.3. The zero-order chi connectivity index (χ0) is 24.3. The summed E-state index contributed by atoms with van der Waals surface area (Å²) in [6, 6.07) is 8.18. The van der Waals surface area contributed by atoms with Crippen LogP contribution < -0.4 is 14.8 Å². The standard InChI is InChI=1S/C24H24ClN3O5S/c1-3-12-32-17-7-8-21(19(25)14-17)33-24-28-15-18(34-24)6-5-10-27-22(29)16-9-11-26-20(13-16)23(30)31-4-2/h5-9,11,13-15H,3-4,10,12H2,1-2H3,(H,27,29)/b6-5+. The van der Waals surface area contributed by atoms with Crippen LogP contribution in [0.1, 0.15) is 46.0 Å². The Morgan fingerprint density at radius 1 is 1.18 bits per heavy atom. The molecule has 0 aliphatic rings. The van der Waals surface area contributed by atoms with Crippen LogP contribution in [0, 0.1) is 0 Å². The number of esters is 1. The predicted octanol–water partition coefficient (Wildman–Crippen LogP) is 5.39. The van der Waals surface area contributed by atoms with Crippen LogP contribution in [0.3, 0.4) is 0 Å². The minimum Gasteiger partial charge on any atom is -0.494 e. The van der Waals surface area contributed by atoms with Gasteiger partial charge in [0.1, 0.15) is 17.2 Å². The molecule has 0 saturated carbocycles. The van der Waals surface area contributed by atoms with Crippen LogP contribution in [0.5, 0.6) is 16.7 Å². The van der Waals surface area contributed by atoms with Gasteiger partial charge in [0, 0.05) is 30.6 Å². The lowest BCUT2D eigenvalue weighted by atomic mass is 10.2. The third-order valence-corrected chi connectivity index (χ3v) is 5.38. The van der Waals surface area contributed by atoms with E-state index in [2.05, 4.69) is 15.3 Å². The third-order valence-electron chi connectivity index (χ3n) is 4.25. The molecular weight excluding hydrogens is 478 g/mol. The molecule has 178 valence electrons. The molecule has 0 bridgehead atoms. The molecule has 0 unspecified atom stereocenters. The molecule has 3 rings (SSSR count). The lowest BCUT2D eigenvalue weighted by Crippen LogP contribution is -2.23. The molecule has 0 aliphatic heterocycles. The van der Waals surface area contributed by atoms with Crippen molar-refractivity contribution in [1.82, 2.24) is 15.3 Å². The first-order chi connectivity index (χ1) is 16.5. The average molecular weight is 502 g/mol. The van der Waals surface area contributed by atoms with Crippen molar-refractivity contribution in [2.24, 2.45) is 0 Å². The average Bonchev–Trinajstić information content (AvgIpc) is 3.29. The van der Waals surface area contributed by atoms with E-state index in [0.29, 0.717) is 33.9 Å². The van der Waals surface area contributed by atoms with Crippen LogP contribution in [0.15, 0.2) is 48.8 Å². The number of aromatic nitrogens is 2. The van der Waals surface area contributed by atoms with Crippen molar-refractivity contribution in [2.45, 2.75) is 20.3 Å². The molecule has 0 fully saturated rings. The number of thiazole rings is 1. The highest BCUT2D eigenvalue weighted by atomic mass is 35.5. The molecule has 1 aromatic carbocycles. The summed E-state index contributed by atoms with van der Waals surface area (Å²) in [5.74, 6) is 0.282. The second-order valence-corrected chi connectivity index (χ2v) is 8.27. The summed E-state index contributed by atoms with van der Waals surface area (Å²) < 4.78 is 16.2. The van der Waals surface area contributed by atoms with Gasteiger partial charge in [0.25, 0.3) is 11.1 Å². The first-order valence-electron chi connectivity index (χ1n) is 10.6. The molecule has 3 aromatic rings. The molecule has 0 radical (unpaired) electrons. The van der Waals surface area contributed by atoms with Crippen molar-refractivity contribution in [1.29, 1.82) is 0 Å². The maximum atomic E-state index is 12.3. The number of hydrogen-bond acceptors (Lipinski definition) is 8. The van der Waals surface area contributed by atoms with Gasteiger partial charge in [-0.2, -0.15) is 0 Å². The highest BCUT2D eigenvalue weighted by Crippen LogP contribution is 2.34. The fourth-order valence-electron chi connectivity index (χ4n) is 2.68. The number of carbonyl (C=O) groups is 2. The van der Waals surface area contributed by atoms with E-state index in [0.717, 1.165) is 11.3 Å². The van der Waals surface area contributed by atoms with Crippen LogP contribution in [0.4, 0.5) is 0 Å². The first-order valence-corrected chi connectivity index (χ1v) is 11.8. The number of hydrogen-bond donors (Lipinski definition) is 1. The molecule has 1 amide bonds. The zero-order valence-electron chi connectivity index (χ0n) is 18.7. The van der Waals surface area contributed by atoms with Gasteiger partial charge < -0.3 is 19.5 Å². The van der Waals surface area contributed by atoms with E-state index in [-0.39, 0.29) is 24.8 Å². The highest BCUT2D eigenvalue weighted by Gasteiger charge is 2.12. The number of rotatable bonds is 11. The number of nitrogens with one attached hydrogen (secondary N) is 1. The van der Waals surface area contributed by atoms with Gasteiger partial charge >= 0.3 is 5.97 Å². The summed E-state index contributed by atoms with van der Waals surface area (Å²) in [5.41, 5.74) is 0.411. The number of nitrogens with zero attached hydrogens (tertiary/aromatic N) is 2. The Labute approximate surface area is 206 Å². The summed E-state index contributed by atoms with van der Waals surface area (Å²) in [7, 11) is 0. The fourth-order valence-corrected chi connectivity index (χ4v) is 3.60. The number of amides is 1. The summed E-state index contributed by atoms with van der Waals surface area (Å²) in [6.45, 7) is 4.88. The molecule has 2 aromatic heterocycles. The van der Waals surface area contributed by atoms with Gasteiger partial charge in [0.05, 0.1) is 23.1 Å². The Hall–Kier alpha value is -3.43. The van der Waals surface area contributed by atoms with E-state index in [1.807, 2.05) is 13.0 Å². The first kappa shape index (κ1) is 25.2. The number of carbonyl (C=O) groups excluding carboxylic acids is 2. The van der Waals surface area contributed by atoms with Gasteiger partial charge in [-0.1, -0.05) is 35.9 Å². The molecular formula is C24H24ClN3O5S. The Bertz CT molecular complexity index is 1170. The van der Waals surface area contributed by atoms with Crippen molar-refractivity contribution in [2.75, 3.05) is 19.8 Å². The van der Waals surface area contributed by atoms with E-state index in [1.165, 1.54) is 29.7 Å². The molecule has 10 heteroatoms. The van der Waals surface area contributed by atoms with E-state index < -0.39 is 5.97 Å². The largest absolute Gasteiger partial charge is 0.494 e. The van der Waals surface area contributed by atoms with Crippen LogP contribution in [0.25, 0.3) is 6.08 Å². The van der Waals surface area contributed by atoms with Gasteiger partial charge in [0.2, 0.25) is 0 Å². The van der Waals surface area contributed by atoms with Crippen LogP contribution in [-0.2, 0) is 4.74 Å². The second kappa shape index (κ2) is 12.7. The van der Waals surface area contributed by atoms with E-state index in [4.69, 9.17) is 25.8 Å². The van der Waals surface area contributed by atoms with Gasteiger partial charge in [-0.05, 0) is 43.7 Å². The van der Waals surface area contributed by atoms with Crippen molar-refractivity contribution in [3.05, 3.63) is 70.0 Å². The van der Waals surface area contributed by atoms with E-state index in [1.54, 1.807) is 37.4 Å². The maximum Gasteiger partial charge on any atom is 0.356 e. The number of ether oxygens (including phenoxy) is 3. The predicted molar refractivity (Wildman–Crippen MR) is 131 cm³/mol. The zero-order valence-corrected chi connectivity index (χ0v) is 20.3. The molecule has 1 N–H and O–H groups in total. The van der Waals surface area contributed by atoms with E-state index in [9.17, 15) is 9.59 Å². The van der Waals surface area contributed by atoms with Gasteiger partial charge in [0.15, 0.2) is 0 Å². The molecule has 8 nitrogen and oxygen atoms in total. The van der Waals surface area contributed by atoms with E-state index >= 15 is 0 Å². The topological polar surface area (TPSA) is 99.6 Å². The normalized spacial score (nSPS) is 10.8. The Balaban J connectivity index is 1.51. The smallest absolute Gasteiger partial charge is 0.356 e. The molecule has 2 heterocycles. The van der Waals surface area contributed by atoms with Crippen LogP contribution in [-0.4, -0.2) is 41.6 Å². The SMILES string of the molecule is CCCOc1ccc(Oc2ncc(/C=C/CNC(=O)c3ccnc(C(=O)OCC)c3)s2)c(Cl)c1. The third kappa shape index (κ3) is 7.29. The van der Waals surface area contributed by atoms with Crippen molar-refractivity contribution in [3.8, 4) is 16.7 Å². The Morgan fingerprint density at radius 3 is 2.79 bits per heavy atom. The van der Waals surface area contributed by atoms with Crippen LogP contribution in [0.2, 0.25) is 5.02 Å². The highest BCUT2D eigenvalue weighted by molar-refractivity contribution is 7.14. The molecule has 0 aliphatic carbocycles. The number of pyridine rings is 1. The van der Waals surface area contributed by atoms with Crippen molar-refractivity contribution < 1.29 is 23.8 Å². The van der Waals surface area contributed by atoms with Gasteiger partial charge in [-0.15, -0.1) is 0 Å². The minimum atomic E-state index is -0.567. The molecule has 0 spiro atoms. The lowest BCUT2D eigenvalue weighted by Gasteiger charge is -2.08. The van der Waals surface area contributed by atoms with Crippen LogP contribution >= 0.6 is 22.9 Å². The van der Waals surface area contributed by atoms with Gasteiger partial charge in [-0.3, -0.25) is 4.79 Å². The lowest BCUT2D eigenvalue weighted by molar-refractivity contribution is 0.0519. The molecule has 0 saturated heterocycles. The molecule has 34 heavy (non-hydrogen) atoms. The summed E-state index contributed by atoms with van der Waals surface area (Å²) in [5, 5.41) is 3.64. The number of benzene rings is 1. The summed E-state index contributed by atoms with van der Waals surface area (Å²) >= 11 is 7.62. The Kier molecular flexibility index (Phi) is 9.42.